The molecule has 1 aliphatic heterocycles. The fraction of sp³-hybridized carbons (Fsp3) is 0.250. The standard InChI is InChI=1S/C16H12Cl2O5/c1-7-5-11-13(15(19)22-7)12(14(23-11)16(20)21-2)9-4-3-8(17)6-10(9)18/h3-6,12,14H,1-2H3/t12-,14+/m0/s1. The molecule has 0 aliphatic carbocycles. The predicted molar refractivity (Wildman–Crippen MR) is 84.5 cm³/mol. The van der Waals surface area contributed by atoms with E-state index >= 15 is 0 Å². The Balaban J connectivity index is 2.22. The van der Waals surface area contributed by atoms with Gasteiger partial charge in [-0.25, -0.2) is 9.59 Å². The summed E-state index contributed by atoms with van der Waals surface area (Å²) in [7, 11) is 1.25. The molecule has 1 aromatic heterocycles. The Labute approximate surface area is 141 Å². The monoisotopic (exact) mass is 354 g/mol. The number of fused-ring (bicyclic) bond motifs is 1. The number of hydrogen-bond acceptors (Lipinski definition) is 5. The van der Waals surface area contributed by atoms with Crippen molar-refractivity contribution in [1.82, 2.24) is 0 Å². The van der Waals surface area contributed by atoms with Gasteiger partial charge in [0.2, 0.25) is 6.10 Å². The molecule has 5 nitrogen and oxygen atoms in total. The molecule has 0 bridgehead atoms. The normalized spacial score (nSPS) is 19.1. The summed E-state index contributed by atoms with van der Waals surface area (Å²) in [6, 6.07) is 6.39. The van der Waals surface area contributed by atoms with Gasteiger partial charge >= 0.3 is 11.6 Å². The van der Waals surface area contributed by atoms with Gasteiger partial charge in [0.25, 0.3) is 0 Å². The molecule has 0 spiro atoms. The van der Waals surface area contributed by atoms with Crippen molar-refractivity contribution in [3.05, 3.63) is 61.6 Å². The molecular weight excluding hydrogens is 343 g/mol. The van der Waals surface area contributed by atoms with Crippen LogP contribution in [0.5, 0.6) is 5.75 Å². The molecule has 0 amide bonds. The van der Waals surface area contributed by atoms with Crippen LogP contribution in [0.25, 0.3) is 0 Å². The SMILES string of the molecule is COC(=O)[C@@H]1Oc2cc(C)oc(=O)c2[C@@H]1c1ccc(Cl)cc1Cl. The van der Waals surface area contributed by atoms with Crippen molar-refractivity contribution in [3.8, 4) is 5.75 Å². The van der Waals surface area contributed by atoms with E-state index < -0.39 is 23.6 Å². The number of benzene rings is 1. The highest BCUT2D eigenvalue weighted by molar-refractivity contribution is 6.35. The maximum absolute atomic E-state index is 12.3. The van der Waals surface area contributed by atoms with E-state index in [0.29, 0.717) is 27.1 Å². The van der Waals surface area contributed by atoms with Gasteiger partial charge in [0, 0.05) is 16.1 Å². The molecule has 0 saturated heterocycles. The van der Waals surface area contributed by atoms with E-state index in [1.165, 1.54) is 7.11 Å². The second-order valence-corrected chi connectivity index (χ2v) is 5.97. The second-order valence-electron chi connectivity index (χ2n) is 5.13. The lowest BCUT2D eigenvalue weighted by Gasteiger charge is -2.18. The number of ether oxygens (including phenoxy) is 2. The number of halogens is 2. The van der Waals surface area contributed by atoms with Crippen LogP contribution in [0.3, 0.4) is 0 Å². The molecule has 0 saturated carbocycles. The van der Waals surface area contributed by atoms with E-state index in [1.807, 2.05) is 0 Å². The maximum atomic E-state index is 12.3. The van der Waals surface area contributed by atoms with Crippen LogP contribution in [0, 0.1) is 6.92 Å². The number of rotatable bonds is 2. The summed E-state index contributed by atoms with van der Waals surface area (Å²) in [6.45, 7) is 1.63. The van der Waals surface area contributed by atoms with E-state index in [2.05, 4.69) is 0 Å². The van der Waals surface area contributed by atoms with Gasteiger partial charge in [-0.05, 0) is 24.6 Å². The Morgan fingerprint density at radius 2 is 2.00 bits per heavy atom. The van der Waals surface area contributed by atoms with Crippen molar-refractivity contribution in [2.75, 3.05) is 7.11 Å². The van der Waals surface area contributed by atoms with Crippen molar-refractivity contribution in [2.45, 2.75) is 18.9 Å². The Kier molecular flexibility index (Phi) is 4.08. The number of carbonyl (C=O) groups excluding carboxylic acids is 1. The number of esters is 1. The molecule has 2 aromatic rings. The van der Waals surface area contributed by atoms with Crippen LogP contribution in [0.15, 0.2) is 33.5 Å². The minimum Gasteiger partial charge on any atom is -0.477 e. The Hall–Kier alpha value is -1.98. The number of carbonyl (C=O) groups is 1. The third kappa shape index (κ3) is 2.71. The molecule has 2 atom stereocenters. The summed E-state index contributed by atoms with van der Waals surface area (Å²) >= 11 is 12.2. The average Bonchev–Trinajstić information content (AvgIpc) is 2.85. The highest BCUT2D eigenvalue weighted by atomic mass is 35.5. The van der Waals surface area contributed by atoms with Crippen molar-refractivity contribution < 1.29 is 18.7 Å². The van der Waals surface area contributed by atoms with Crippen molar-refractivity contribution in [3.63, 3.8) is 0 Å². The van der Waals surface area contributed by atoms with Gasteiger partial charge in [-0.3, -0.25) is 0 Å². The van der Waals surface area contributed by atoms with E-state index in [0.717, 1.165) is 0 Å². The molecule has 120 valence electrons. The topological polar surface area (TPSA) is 65.7 Å². The summed E-state index contributed by atoms with van der Waals surface area (Å²) in [6.07, 6.45) is -1.02. The molecule has 1 aliphatic rings. The molecule has 0 radical (unpaired) electrons. The lowest BCUT2D eigenvalue weighted by Crippen LogP contribution is -2.32. The summed E-state index contributed by atoms with van der Waals surface area (Å²) in [4.78, 5) is 24.4. The van der Waals surface area contributed by atoms with Crippen LogP contribution in [0.4, 0.5) is 0 Å². The number of methoxy groups -OCH3 is 1. The Morgan fingerprint density at radius 1 is 1.26 bits per heavy atom. The first kappa shape index (κ1) is 15.9. The zero-order valence-electron chi connectivity index (χ0n) is 12.3. The van der Waals surface area contributed by atoms with E-state index in [-0.39, 0.29) is 5.56 Å². The predicted octanol–water partition coefficient (Wildman–Crippen LogP) is 3.32. The van der Waals surface area contributed by atoms with Crippen LogP contribution >= 0.6 is 23.2 Å². The van der Waals surface area contributed by atoms with Gasteiger partial charge in [0.15, 0.2) is 0 Å². The van der Waals surface area contributed by atoms with Crippen LogP contribution in [0.2, 0.25) is 10.0 Å². The van der Waals surface area contributed by atoms with E-state index in [4.69, 9.17) is 37.1 Å². The van der Waals surface area contributed by atoms with Crippen LogP contribution in [0.1, 0.15) is 22.8 Å². The van der Waals surface area contributed by atoms with Gasteiger partial charge in [0.1, 0.15) is 11.5 Å². The molecule has 2 heterocycles. The molecule has 0 fully saturated rings. The summed E-state index contributed by atoms with van der Waals surface area (Å²) in [5.41, 5.74) is 0.221. The second kappa shape index (κ2) is 5.91. The minimum atomic E-state index is -1.02. The van der Waals surface area contributed by atoms with Crippen LogP contribution in [-0.2, 0) is 9.53 Å². The van der Waals surface area contributed by atoms with Crippen molar-refractivity contribution in [2.24, 2.45) is 0 Å². The number of aryl methyl sites for hydroxylation is 1. The average molecular weight is 355 g/mol. The number of hydrogen-bond donors (Lipinski definition) is 0. The van der Waals surface area contributed by atoms with Crippen molar-refractivity contribution in [1.29, 1.82) is 0 Å². The molecule has 1 aromatic carbocycles. The first-order valence-electron chi connectivity index (χ1n) is 6.76. The zero-order chi connectivity index (χ0) is 16.7. The van der Waals surface area contributed by atoms with Crippen molar-refractivity contribution >= 4 is 29.2 Å². The van der Waals surface area contributed by atoms with Gasteiger partial charge in [-0.15, -0.1) is 0 Å². The van der Waals surface area contributed by atoms with E-state index in [1.54, 1.807) is 31.2 Å². The summed E-state index contributed by atoms with van der Waals surface area (Å²) in [5.74, 6) is -0.640. The van der Waals surface area contributed by atoms with Crippen LogP contribution in [-0.4, -0.2) is 19.2 Å². The highest BCUT2D eigenvalue weighted by Crippen LogP contribution is 2.43. The highest BCUT2D eigenvalue weighted by Gasteiger charge is 2.44. The lowest BCUT2D eigenvalue weighted by molar-refractivity contribution is -0.148. The Morgan fingerprint density at radius 3 is 2.65 bits per heavy atom. The summed E-state index contributed by atoms with van der Waals surface area (Å²) < 4.78 is 15.6. The molecule has 0 N–H and O–H groups in total. The Bertz CT molecular complexity index is 843. The van der Waals surface area contributed by atoms with Gasteiger partial charge in [0.05, 0.1) is 18.6 Å². The first-order chi connectivity index (χ1) is 10.9. The van der Waals surface area contributed by atoms with Gasteiger partial charge in [-0.1, -0.05) is 29.3 Å². The van der Waals surface area contributed by atoms with Crippen LogP contribution < -0.4 is 10.4 Å². The maximum Gasteiger partial charge on any atom is 0.348 e. The van der Waals surface area contributed by atoms with E-state index in [9.17, 15) is 9.59 Å². The third-order valence-corrected chi connectivity index (χ3v) is 4.23. The lowest BCUT2D eigenvalue weighted by atomic mass is 9.89. The van der Waals surface area contributed by atoms with Gasteiger partial charge < -0.3 is 13.9 Å². The molecule has 0 unspecified atom stereocenters. The smallest absolute Gasteiger partial charge is 0.348 e. The first-order valence-corrected chi connectivity index (χ1v) is 7.52. The summed E-state index contributed by atoms with van der Waals surface area (Å²) in [5, 5.41) is 0.774. The third-order valence-electron chi connectivity index (χ3n) is 3.67. The minimum absolute atomic E-state index is 0.246. The molecular formula is C16H12Cl2O5. The molecule has 3 rings (SSSR count). The largest absolute Gasteiger partial charge is 0.477 e. The quantitative estimate of drug-likeness (QED) is 0.774. The molecule has 23 heavy (non-hydrogen) atoms. The molecule has 7 heteroatoms. The van der Waals surface area contributed by atoms with Gasteiger partial charge in [-0.2, -0.15) is 0 Å². The fourth-order valence-electron chi connectivity index (χ4n) is 2.70. The fourth-order valence-corrected chi connectivity index (χ4v) is 3.23. The zero-order valence-corrected chi connectivity index (χ0v) is 13.8.